The van der Waals surface area contributed by atoms with Crippen LogP contribution in [0.25, 0.3) is 0 Å². The first kappa shape index (κ1) is 7.45. The van der Waals surface area contributed by atoms with E-state index in [1.165, 1.54) is 0 Å². The van der Waals surface area contributed by atoms with Gasteiger partial charge in [-0.05, 0) is 18.8 Å². The highest BCUT2D eigenvalue weighted by Crippen LogP contribution is 2.33. The molecule has 0 N–H and O–H groups in total. The highest BCUT2D eigenvalue weighted by molar-refractivity contribution is 5.65. The van der Waals surface area contributed by atoms with Gasteiger partial charge in [0.15, 0.2) is 0 Å². The highest BCUT2D eigenvalue weighted by atomic mass is 16.1. The van der Waals surface area contributed by atoms with Gasteiger partial charge < -0.3 is 9.59 Å². The Kier molecular flexibility index (Phi) is 2.20. The summed E-state index contributed by atoms with van der Waals surface area (Å²) >= 11 is 0. The third-order valence-electron chi connectivity index (χ3n) is 2.44. The van der Waals surface area contributed by atoms with Crippen molar-refractivity contribution < 1.29 is 9.59 Å². The van der Waals surface area contributed by atoms with Crippen LogP contribution in [-0.2, 0) is 9.59 Å². The summed E-state index contributed by atoms with van der Waals surface area (Å²) in [5.74, 6) is 0.415. The first-order chi connectivity index (χ1) is 4.79. The van der Waals surface area contributed by atoms with Crippen molar-refractivity contribution in [1.82, 2.24) is 0 Å². The van der Waals surface area contributed by atoms with E-state index in [2.05, 4.69) is 0 Å². The largest absolute Gasteiger partial charge is 0.303 e. The Labute approximate surface area is 60.6 Å². The quantitative estimate of drug-likeness (QED) is 0.537. The summed E-state index contributed by atoms with van der Waals surface area (Å²) in [6.07, 6.45) is 3.76. The molecule has 2 nitrogen and oxygen atoms in total. The average Bonchev–Trinajstić information content (AvgIpc) is 2.30. The van der Waals surface area contributed by atoms with E-state index in [0.717, 1.165) is 25.4 Å². The van der Waals surface area contributed by atoms with E-state index in [0.29, 0.717) is 5.92 Å². The molecule has 0 spiro atoms. The van der Waals surface area contributed by atoms with Crippen molar-refractivity contribution in [2.24, 2.45) is 17.8 Å². The third kappa shape index (κ3) is 1.11. The zero-order valence-electron chi connectivity index (χ0n) is 6.12. The van der Waals surface area contributed by atoms with Crippen LogP contribution in [0, 0.1) is 17.8 Å². The van der Waals surface area contributed by atoms with E-state index >= 15 is 0 Å². The molecule has 1 aliphatic carbocycles. The summed E-state index contributed by atoms with van der Waals surface area (Å²) in [5.41, 5.74) is 0. The first-order valence-corrected chi connectivity index (χ1v) is 3.70. The summed E-state index contributed by atoms with van der Waals surface area (Å²) in [5, 5.41) is 0. The molecule has 0 aliphatic heterocycles. The molecular formula is C8H12O2. The molecule has 1 aliphatic rings. The fourth-order valence-corrected chi connectivity index (χ4v) is 1.66. The Bertz CT molecular complexity index is 142. The SMILES string of the molecule is CC1CCC(C=O)C1C=O. The van der Waals surface area contributed by atoms with Gasteiger partial charge in [0.25, 0.3) is 0 Å². The minimum absolute atomic E-state index is 0.00231. The lowest BCUT2D eigenvalue weighted by Crippen LogP contribution is -2.15. The Balaban J connectivity index is 2.61. The molecule has 56 valence electrons. The predicted octanol–water partition coefficient (Wildman–Crippen LogP) is 1.05. The molecule has 3 atom stereocenters. The number of hydrogen-bond acceptors (Lipinski definition) is 2. The van der Waals surface area contributed by atoms with E-state index in [9.17, 15) is 9.59 Å². The minimum atomic E-state index is -0.00231. The van der Waals surface area contributed by atoms with Gasteiger partial charge in [0, 0.05) is 11.8 Å². The molecule has 0 aromatic rings. The normalized spacial score (nSPS) is 39.5. The van der Waals surface area contributed by atoms with Crippen molar-refractivity contribution in [2.45, 2.75) is 19.8 Å². The zero-order chi connectivity index (χ0) is 7.56. The molecule has 0 bridgehead atoms. The van der Waals surface area contributed by atoms with Crippen LogP contribution < -0.4 is 0 Å². The molecule has 0 amide bonds. The number of aldehydes is 2. The topological polar surface area (TPSA) is 34.1 Å². The van der Waals surface area contributed by atoms with Crippen molar-refractivity contribution >= 4 is 12.6 Å². The van der Waals surface area contributed by atoms with Gasteiger partial charge in [-0.1, -0.05) is 6.92 Å². The van der Waals surface area contributed by atoms with Gasteiger partial charge >= 0.3 is 0 Å². The van der Waals surface area contributed by atoms with Crippen molar-refractivity contribution in [3.63, 3.8) is 0 Å². The van der Waals surface area contributed by atoms with Gasteiger partial charge in [0.1, 0.15) is 12.6 Å². The fraction of sp³-hybridized carbons (Fsp3) is 0.750. The molecule has 0 aromatic heterocycles. The van der Waals surface area contributed by atoms with Crippen LogP contribution in [0.2, 0.25) is 0 Å². The van der Waals surface area contributed by atoms with E-state index < -0.39 is 0 Å². The Morgan fingerprint density at radius 2 is 1.90 bits per heavy atom. The fourth-order valence-electron chi connectivity index (χ4n) is 1.66. The molecule has 0 heterocycles. The summed E-state index contributed by atoms with van der Waals surface area (Å²) in [6.45, 7) is 2.03. The molecule has 1 fully saturated rings. The third-order valence-corrected chi connectivity index (χ3v) is 2.44. The maximum atomic E-state index is 10.4. The van der Waals surface area contributed by atoms with Gasteiger partial charge in [-0.2, -0.15) is 0 Å². The lowest BCUT2D eigenvalue weighted by atomic mass is 9.93. The monoisotopic (exact) mass is 140 g/mol. The smallest absolute Gasteiger partial charge is 0.124 e. The molecule has 3 unspecified atom stereocenters. The van der Waals surface area contributed by atoms with Crippen LogP contribution >= 0.6 is 0 Å². The summed E-state index contributed by atoms with van der Waals surface area (Å²) in [6, 6.07) is 0. The van der Waals surface area contributed by atoms with E-state index in [-0.39, 0.29) is 11.8 Å². The predicted molar refractivity (Wildman–Crippen MR) is 37.5 cm³/mol. The van der Waals surface area contributed by atoms with Crippen LogP contribution in [0.5, 0.6) is 0 Å². The summed E-state index contributed by atoms with van der Waals surface area (Å²) in [4.78, 5) is 20.8. The van der Waals surface area contributed by atoms with Crippen molar-refractivity contribution in [3.05, 3.63) is 0 Å². The molecule has 2 heteroatoms. The lowest BCUT2D eigenvalue weighted by molar-refractivity contribution is -0.119. The Morgan fingerprint density at radius 3 is 2.30 bits per heavy atom. The number of rotatable bonds is 2. The van der Waals surface area contributed by atoms with Crippen molar-refractivity contribution in [2.75, 3.05) is 0 Å². The van der Waals surface area contributed by atoms with Crippen LogP contribution in [0.4, 0.5) is 0 Å². The number of carbonyl (C=O) groups is 2. The standard InChI is InChI=1S/C8H12O2/c1-6-2-3-7(4-9)8(6)5-10/h4-8H,2-3H2,1H3. The van der Waals surface area contributed by atoms with Gasteiger partial charge in [0.2, 0.25) is 0 Å². The Hall–Kier alpha value is -0.660. The van der Waals surface area contributed by atoms with Crippen molar-refractivity contribution in [1.29, 1.82) is 0 Å². The van der Waals surface area contributed by atoms with Crippen molar-refractivity contribution in [3.8, 4) is 0 Å². The van der Waals surface area contributed by atoms with E-state index in [1.807, 2.05) is 6.92 Å². The second-order valence-corrected chi connectivity index (χ2v) is 3.07. The maximum Gasteiger partial charge on any atom is 0.124 e. The molecule has 10 heavy (non-hydrogen) atoms. The molecule has 1 rings (SSSR count). The van der Waals surface area contributed by atoms with Gasteiger partial charge in [-0.15, -0.1) is 0 Å². The average molecular weight is 140 g/mol. The zero-order valence-corrected chi connectivity index (χ0v) is 6.12. The van der Waals surface area contributed by atoms with Gasteiger partial charge in [-0.3, -0.25) is 0 Å². The molecule has 0 aromatic carbocycles. The molecular weight excluding hydrogens is 128 g/mol. The van der Waals surface area contributed by atoms with E-state index in [1.54, 1.807) is 0 Å². The van der Waals surface area contributed by atoms with Crippen LogP contribution in [-0.4, -0.2) is 12.6 Å². The number of hydrogen-bond donors (Lipinski definition) is 0. The lowest BCUT2D eigenvalue weighted by Gasteiger charge is -2.09. The second kappa shape index (κ2) is 2.95. The van der Waals surface area contributed by atoms with Crippen LogP contribution in [0.3, 0.4) is 0 Å². The highest BCUT2D eigenvalue weighted by Gasteiger charge is 2.32. The van der Waals surface area contributed by atoms with Crippen LogP contribution in [0.15, 0.2) is 0 Å². The van der Waals surface area contributed by atoms with Crippen LogP contribution in [0.1, 0.15) is 19.8 Å². The first-order valence-electron chi connectivity index (χ1n) is 3.70. The Morgan fingerprint density at radius 1 is 1.20 bits per heavy atom. The minimum Gasteiger partial charge on any atom is -0.303 e. The van der Waals surface area contributed by atoms with Gasteiger partial charge in [-0.25, -0.2) is 0 Å². The van der Waals surface area contributed by atoms with E-state index in [4.69, 9.17) is 0 Å². The summed E-state index contributed by atoms with van der Waals surface area (Å²) < 4.78 is 0. The van der Waals surface area contributed by atoms with Gasteiger partial charge in [0.05, 0.1) is 0 Å². The summed E-state index contributed by atoms with van der Waals surface area (Å²) in [7, 11) is 0. The molecule has 0 radical (unpaired) electrons. The molecule has 0 saturated heterocycles. The molecule has 1 saturated carbocycles. The number of carbonyl (C=O) groups excluding carboxylic acids is 2. The maximum absolute atomic E-state index is 10.4. The second-order valence-electron chi connectivity index (χ2n) is 3.07.